The van der Waals surface area contributed by atoms with Gasteiger partial charge in [0.05, 0.1) is 5.41 Å². The van der Waals surface area contributed by atoms with Crippen LogP contribution in [0.1, 0.15) is 50.2 Å². The molecular formula is C17H22O2. The van der Waals surface area contributed by atoms with Gasteiger partial charge in [-0.25, -0.2) is 0 Å². The highest BCUT2D eigenvalue weighted by molar-refractivity contribution is 5.83. The molecule has 1 N–H and O–H groups in total. The normalized spacial score (nSPS) is 33.9. The lowest BCUT2D eigenvalue weighted by atomic mass is 9.64. The van der Waals surface area contributed by atoms with Gasteiger partial charge in [-0.05, 0) is 48.6 Å². The summed E-state index contributed by atoms with van der Waals surface area (Å²) < 4.78 is 0. The zero-order valence-corrected chi connectivity index (χ0v) is 11.6. The number of aliphatic carboxylic acids is 1. The van der Waals surface area contributed by atoms with Crippen molar-refractivity contribution in [2.45, 2.75) is 50.9 Å². The van der Waals surface area contributed by atoms with Crippen molar-refractivity contribution >= 4 is 5.97 Å². The van der Waals surface area contributed by atoms with E-state index in [0.717, 1.165) is 31.2 Å². The monoisotopic (exact) mass is 258 g/mol. The Morgan fingerprint density at radius 1 is 1.32 bits per heavy atom. The maximum Gasteiger partial charge on any atom is 0.314 e. The van der Waals surface area contributed by atoms with E-state index in [1.807, 2.05) is 12.1 Å². The fourth-order valence-electron chi connectivity index (χ4n) is 4.34. The summed E-state index contributed by atoms with van der Waals surface area (Å²) in [7, 11) is 0. The molecule has 2 aliphatic carbocycles. The second kappa shape index (κ2) is 4.66. The number of fused-ring (bicyclic) bond motifs is 1. The van der Waals surface area contributed by atoms with Crippen LogP contribution in [-0.2, 0) is 16.6 Å². The molecule has 0 heterocycles. The molecule has 0 saturated heterocycles. The molecule has 1 saturated carbocycles. The maximum atomic E-state index is 12.1. The summed E-state index contributed by atoms with van der Waals surface area (Å²) in [5.41, 5.74) is 1.75. The van der Waals surface area contributed by atoms with Crippen molar-refractivity contribution in [2.75, 3.05) is 0 Å². The summed E-state index contributed by atoms with van der Waals surface area (Å²) in [6.45, 7) is 2.27. The number of carboxylic acid groups (broad SMARTS) is 1. The minimum absolute atomic E-state index is 0.317. The van der Waals surface area contributed by atoms with Crippen LogP contribution in [0.2, 0.25) is 0 Å². The summed E-state index contributed by atoms with van der Waals surface area (Å²) in [4.78, 5) is 12.1. The third-order valence-electron chi connectivity index (χ3n) is 5.30. The lowest BCUT2D eigenvalue weighted by Crippen LogP contribution is -2.43. The lowest BCUT2D eigenvalue weighted by Gasteiger charge is -2.39. The van der Waals surface area contributed by atoms with Crippen molar-refractivity contribution in [1.29, 1.82) is 0 Å². The predicted octanol–water partition coefficient (Wildman–Crippen LogP) is 3.78. The molecule has 1 aromatic rings. The Morgan fingerprint density at radius 3 is 2.84 bits per heavy atom. The molecule has 0 aliphatic heterocycles. The number of carboxylic acids is 1. The van der Waals surface area contributed by atoms with Crippen molar-refractivity contribution in [2.24, 2.45) is 11.8 Å². The highest BCUT2D eigenvalue weighted by atomic mass is 16.4. The standard InChI is InChI=1S/C17H22O2/c1-12-5-4-7-14(11-12)17(16(18)19)10-9-13-6-2-3-8-15(13)17/h2-3,6,8,12,14H,4-5,7,9-11H2,1H3,(H,18,19). The van der Waals surface area contributed by atoms with Gasteiger partial charge in [0.1, 0.15) is 0 Å². The Morgan fingerprint density at radius 2 is 2.11 bits per heavy atom. The van der Waals surface area contributed by atoms with E-state index < -0.39 is 11.4 Å². The van der Waals surface area contributed by atoms with Crippen LogP contribution >= 0.6 is 0 Å². The molecule has 2 nitrogen and oxygen atoms in total. The van der Waals surface area contributed by atoms with E-state index in [4.69, 9.17) is 0 Å². The molecular weight excluding hydrogens is 236 g/mol. The van der Waals surface area contributed by atoms with E-state index in [0.29, 0.717) is 11.8 Å². The Balaban J connectivity index is 2.04. The first-order chi connectivity index (χ1) is 9.14. The Labute approximate surface area is 114 Å². The molecule has 3 atom stereocenters. The molecule has 2 heteroatoms. The van der Waals surface area contributed by atoms with E-state index in [1.165, 1.54) is 18.4 Å². The number of benzene rings is 1. The average Bonchev–Trinajstić information content (AvgIpc) is 2.79. The molecule has 2 aliphatic rings. The van der Waals surface area contributed by atoms with Crippen LogP contribution in [0.15, 0.2) is 24.3 Å². The topological polar surface area (TPSA) is 37.3 Å². The second-order valence-corrected chi connectivity index (χ2v) is 6.40. The smallest absolute Gasteiger partial charge is 0.314 e. The summed E-state index contributed by atoms with van der Waals surface area (Å²) in [6, 6.07) is 8.18. The van der Waals surface area contributed by atoms with E-state index >= 15 is 0 Å². The first-order valence-corrected chi connectivity index (χ1v) is 7.46. The molecule has 1 fully saturated rings. The van der Waals surface area contributed by atoms with Gasteiger partial charge in [-0.15, -0.1) is 0 Å². The zero-order valence-electron chi connectivity index (χ0n) is 11.6. The lowest BCUT2D eigenvalue weighted by molar-refractivity contribution is -0.147. The molecule has 0 amide bonds. The summed E-state index contributed by atoms with van der Waals surface area (Å²) in [6.07, 6.45) is 6.30. The van der Waals surface area contributed by atoms with Crippen molar-refractivity contribution in [3.63, 3.8) is 0 Å². The van der Waals surface area contributed by atoms with Gasteiger partial charge in [0.2, 0.25) is 0 Å². The van der Waals surface area contributed by atoms with Crippen molar-refractivity contribution in [3.8, 4) is 0 Å². The van der Waals surface area contributed by atoms with Crippen molar-refractivity contribution in [1.82, 2.24) is 0 Å². The molecule has 1 aromatic carbocycles. The molecule has 0 bridgehead atoms. The Kier molecular flexibility index (Phi) is 3.12. The fraction of sp³-hybridized carbons (Fsp3) is 0.588. The van der Waals surface area contributed by atoms with Crippen LogP contribution in [0.5, 0.6) is 0 Å². The number of carbonyl (C=O) groups is 1. The van der Waals surface area contributed by atoms with E-state index in [-0.39, 0.29) is 0 Å². The quantitative estimate of drug-likeness (QED) is 0.876. The minimum atomic E-state index is -0.606. The number of hydrogen-bond acceptors (Lipinski definition) is 1. The van der Waals surface area contributed by atoms with Crippen LogP contribution in [-0.4, -0.2) is 11.1 Å². The van der Waals surface area contributed by atoms with Crippen LogP contribution < -0.4 is 0 Å². The van der Waals surface area contributed by atoms with Gasteiger partial charge in [0.25, 0.3) is 0 Å². The molecule has 102 valence electrons. The highest BCUT2D eigenvalue weighted by Gasteiger charge is 2.51. The van der Waals surface area contributed by atoms with Crippen LogP contribution in [0.25, 0.3) is 0 Å². The van der Waals surface area contributed by atoms with Crippen LogP contribution in [0, 0.1) is 11.8 Å². The Hall–Kier alpha value is -1.31. The number of rotatable bonds is 2. The molecule has 0 aromatic heterocycles. The van der Waals surface area contributed by atoms with Crippen molar-refractivity contribution < 1.29 is 9.90 Å². The molecule has 3 rings (SSSR count). The Bertz CT molecular complexity index is 494. The van der Waals surface area contributed by atoms with E-state index in [2.05, 4.69) is 19.1 Å². The molecule has 3 unspecified atom stereocenters. The average molecular weight is 258 g/mol. The molecule has 0 spiro atoms. The van der Waals surface area contributed by atoms with E-state index in [9.17, 15) is 9.90 Å². The summed E-state index contributed by atoms with van der Waals surface area (Å²) >= 11 is 0. The van der Waals surface area contributed by atoms with Gasteiger partial charge in [-0.1, -0.05) is 44.0 Å². The molecule has 19 heavy (non-hydrogen) atoms. The minimum Gasteiger partial charge on any atom is -0.481 e. The first kappa shape index (κ1) is 12.7. The van der Waals surface area contributed by atoms with Crippen molar-refractivity contribution in [3.05, 3.63) is 35.4 Å². The number of aryl methyl sites for hydroxylation is 1. The van der Waals surface area contributed by atoms with Gasteiger partial charge in [-0.2, -0.15) is 0 Å². The second-order valence-electron chi connectivity index (χ2n) is 6.40. The predicted molar refractivity (Wildman–Crippen MR) is 75.2 cm³/mol. The van der Waals surface area contributed by atoms with Crippen LogP contribution in [0.4, 0.5) is 0 Å². The zero-order chi connectivity index (χ0) is 13.5. The van der Waals surface area contributed by atoms with Crippen LogP contribution in [0.3, 0.4) is 0 Å². The fourth-order valence-corrected chi connectivity index (χ4v) is 4.34. The van der Waals surface area contributed by atoms with Gasteiger partial charge in [0, 0.05) is 0 Å². The van der Waals surface area contributed by atoms with Gasteiger partial charge in [0.15, 0.2) is 0 Å². The molecule has 0 radical (unpaired) electrons. The summed E-state index contributed by atoms with van der Waals surface area (Å²) in [5, 5.41) is 9.95. The first-order valence-electron chi connectivity index (χ1n) is 7.46. The SMILES string of the molecule is CC1CCCC(C2(C(=O)O)CCc3ccccc32)C1. The van der Waals surface area contributed by atoms with Gasteiger partial charge < -0.3 is 5.11 Å². The largest absolute Gasteiger partial charge is 0.481 e. The van der Waals surface area contributed by atoms with E-state index in [1.54, 1.807) is 0 Å². The third kappa shape index (κ3) is 1.89. The number of hydrogen-bond donors (Lipinski definition) is 1. The third-order valence-corrected chi connectivity index (χ3v) is 5.30. The highest BCUT2D eigenvalue weighted by Crippen LogP contribution is 2.50. The summed E-state index contributed by atoms with van der Waals surface area (Å²) in [5.74, 6) is 0.386. The van der Waals surface area contributed by atoms with Gasteiger partial charge >= 0.3 is 5.97 Å². The van der Waals surface area contributed by atoms with Gasteiger partial charge in [-0.3, -0.25) is 4.79 Å². The maximum absolute atomic E-state index is 12.1.